The van der Waals surface area contributed by atoms with Gasteiger partial charge in [-0.05, 0) is 32.7 Å². The number of rotatable bonds is 9. The predicted octanol–water partition coefficient (Wildman–Crippen LogP) is 0.0657. The first-order chi connectivity index (χ1) is 9.19. The molecule has 6 heteroatoms. The summed E-state index contributed by atoms with van der Waals surface area (Å²) in [4.78, 5) is 15.9. The molecule has 0 aliphatic rings. The largest absolute Gasteiger partial charge is 0.359 e. The van der Waals surface area contributed by atoms with E-state index >= 15 is 0 Å². The topological polar surface area (TPSA) is 77.6 Å². The summed E-state index contributed by atoms with van der Waals surface area (Å²) in [6.45, 7) is 6.38. The Morgan fingerprint density at radius 2 is 1.95 bits per heavy atom. The van der Waals surface area contributed by atoms with Crippen LogP contribution >= 0.6 is 0 Å². The molecule has 112 valence electrons. The van der Waals surface area contributed by atoms with Crippen molar-refractivity contribution in [3.8, 4) is 0 Å². The van der Waals surface area contributed by atoms with E-state index in [-0.39, 0.29) is 11.9 Å². The van der Waals surface area contributed by atoms with E-state index in [9.17, 15) is 4.79 Å². The van der Waals surface area contributed by atoms with Gasteiger partial charge in [0.1, 0.15) is 0 Å². The second kappa shape index (κ2) is 11.8. The van der Waals surface area contributed by atoms with Gasteiger partial charge in [-0.2, -0.15) is 0 Å². The van der Waals surface area contributed by atoms with Gasteiger partial charge >= 0.3 is 0 Å². The molecule has 6 nitrogen and oxygen atoms in total. The molecule has 0 aromatic carbocycles. The van der Waals surface area contributed by atoms with E-state index in [1.54, 1.807) is 7.05 Å². The molecule has 0 rings (SSSR count). The summed E-state index contributed by atoms with van der Waals surface area (Å²) in [6, 6.07) is -0.0988. The van der Waals surface area contributed by atoms with Gasteiger partial charge in [0.15, 0.2) is 5.96 Å². The maximum Gasteiger partial charge on any atom is 0.237 e. The van der Waals surface area contributed by atoms with Gasteiger partial charge in [0, 0.05) is 27.2 Å². The van der Waals surface area contributed by atoms with E-state index in [4.69, 9.17) is 0 Å². The van der Waals surface area contributed by atoms with Crippen molar-refractivity contribution >= 4 is 11.9 Å². The van der Waals surface area contributed by atoms with Crippen molar-refractivity contribution in [2.75, 3.05) is 33.7 Å². The Labute approximate surface area is 116 Å². The number of hydrogen-bond donors (Lipinski definition) is 4. The lowest BCUT2D eigenvalue weighted by molar-refractivity contribution is -0.123. The molecule has 1 unspecified atom stereocenters. The van der Waals surface area contributed by atoms with Gasteiger partial charge in [-0.15, -0.1) is 0 Å². The minimum atomic E-state index is -0.0988. The van der Waals surface area contributed by atoms with Crippen LogP contribution in [0.25, 0.3) is 0 Å². The Morgan fingerprint density at radius 3 is 2.47 bits per heavy atom. The predicted molar refractivity (Wildman–Crippen MR) is 80.4 cm³/mol. The Hall–Kier alpha value is -1.30. The zero-order valence-electron chi connectivity index (χ0n) is 12.7. The summed E-state index contributed by atoms with van der Waals surface area (Å²) in [5.74, 6) is 0.866. The first kappa shape index (κ1) is 17.7. The number of guanidine groups is 1. The normalized spacial score (nSPS) is 12.9. The van der Waals surface area contributed by atoms with Crippen LogP contribution in [0.3, 0.4) is 0 Å². The highest BCUT2D eigenvalue weighted by Crippen LogP contribution is 1.97. The third kappa shape index (κ3) is 8.42. The zero-order chi connectivity index (χ0) is 14.5. The SMILES string of the molecule is CCCNC(CCCNC(=NC)NC)C(=O)NCC. The van der Waals surface area contributed by atoms with Crippen LogP contribution in [0.1, 0.15) is 33.1 Å². The van der Waals surface area contributed by atoms with Crippen LogP contribution in [0.2, 0.25) is 0 Å². The highest BCUT2D eigenvalue weighted by Gasteiger charge is 2.15. The molecule has 0 saturated heterocycles. The van der Waals surface area contributed by atoms with Crippen LogP contribution in [0.15, 0.2) is 4.99 Å². The Kier molecular flexibility index (Phi) is 11.0. The molecular formula is C13H29N5O. The Balaban J connectivity index is 4.01. The molecule has 1 atom stereocenters. The summed E-state index contributed by atoms with van der Waals surface area (Å²) in [5, 5.41) is 12.3. The van der Waals surface area contributed by atoms with E-state index in [2.05, 4.69) is 33.2 Å². The minimum absolute atomic E-state index is 0.0916. The Morgan fingerprint density at radius 1 is 1.21 bits per heavy atom. The van der Waals surface area contributed by atoms with E-state index in [1.165, 1.54) is 0 Å². The molecule has 0 fully saturated rings. The zero-order valence-corrected chi connectivity index (χ0v) is 12.7. The fourth-order valence-corrected chi connectivity index (χ4v) is 1.73. The van der Waals surface area contributed by atoms with Crippen molar-refractivity contribution in [2.45, 2.75) is 39.2 Å². The molecule has 0 aliphatic heterocycles. The molecule has 19 heavy (non-hydrogen) atoms. The van der Waals surface area contributed by atoms with E-state index in [0.29, 0.717) is 6.54 Å². The van der Waals surface area contributed by atoms with Crippen LogP contribution in [0.4, 0.5) is 0 Å². The first-order valence-corrected chi connectivity index (χ1v) is 7.09. The van der Waals surface area contributed by atoms with Gasteiger partial charge < -0.3 is 21.3 Å². The molecule has 0 bridgehead atoms. The summed E-state index contributed by atoms with van der Waals surface area (Å²) < 4.78 is 0. The van der Waals surface area contributed by atoms with Crippen LogP contribution in [-0.2, 0) is 4.79 Å². The quantitative estimate of drug-likeness (QED) is 0.272. The number of carbonyl (C=O) groups is 1. The maximum atomic E-state index is 11.9. The van der Waals surface area contributed by atoms with Gasteiger partial charge in [-0.25, -0.2) is 0 Å². The fourth-order valence-electron chi connectivity index (χ4n) is 1.73. The Bertz CT molecular complexity index is 268. The van der Waals surface area contributed by atoms with Gasteiger partial charge in [0.2, 0.25) is 5.91 Å². The smallest absolute Gasteiger partial charge is 0.237 e. The van der Waals surface area contributed by atoms with Crippen molar-refractivity contribution in [3.05, 3.63) is 0 Å². The number of hydrogen-bond acceptors (Lipinski definition) is 3. The van der Waals surface area contributed by atoms with Crippen molar-refractivity contribution in [1.82, 2.24) is 21.3 Å². The van der Waals surface area contributed by atoms with Crippen LogP contribution in [-0.4, -0.2) is 51.6 Å². The number of nitrogens with one attached hydrogen (secondary N) is 4. The number of amides is 1. The average molecular weight is 271 g/mol. The second-order valence-corrected chi connectivity index (χ2v) is 4.29. The van der Waals surface area contributed by atoms with Gasteiger partial charge in [0.05, 0.1) is 6.04 Å². The minimum Gasteiger partial charge on any atom is -0.359 e. The van der Waals surface area contributed by atoms with Crippen molar-refractivity contribution < 1.29 is 4.79 Å². The summed E-state index contributed by atoms with van der Waals surface area (Å²) in [7, 11) is 3.56. The van der Waals surface area contributed by atoms with Gasteiger partial charge in [-0.3, -0.25) is 9.79 Å². The van der Waals surface area contributed by atoms with Gasteiger partial charge in [-0.1, -0.05) is 6.92 Å². The van der Waals surface area contributed by atoms with E-state index in [1.807, 2.05) is 14.0 Å². The average Bonchev–Trinajstić information content (AvgIpc) is 2.42. The molecule has 0 spiro atoms. The summed E-state index contributed by atoms with van der Waals surface area (Å²) in [6.07, 6.45) is 2.76. The van der Waals surface area contributed by atoms with Crippen LogP contribution in [0, 0.1) is 0 Å². The first-order valence-electron chi connectivity index (χ1n) is 7.09. The number of likely N-dealkylation sites (N-methyl/N-ethyl adjacent to an activating group) is 1. The standard InChI is InChI=1S/C13H29N5O/c1-5-9-17-11(12(19)16-6-2)8-7-10-18-13(14-3)15-4/h11,17H,5-10H2,1-4H3,(H,16,19)(H2,14,15,18). The number of aliphatic imine (C=N–C) groups is 1. The molecule has 0 aromatic rings. The summed E-state index contributed by atoms with van der Waals surface area (Å²) >= 11 is 0. The monoisotopic (exact) mass is 271 g/mol. The highest BCUT2D eigenvalue weighted by atomic mass is 16.2. The lowest BCUT2D eigenvalue weighted by Crippen LogP contribution is -2.45. The third-order valence-electron chi connectivity index (χ3n) is 2.73. The number of carbonyl (C=O) groups excluding carboxylic acids is 1. The second-order valence-electron chi connectivity index (χ2n) is 4.29. The van der Waals surface area contributed by atoms with Crippen molar-refractivity contribution in [1.29, 1.82) is 0 Å². The lowest BCUT2D eigenvalue weighted by Gasteiger charge is -2.18. The molecule has 0 aliphatic carbocycles. The molecule has 0 heterocycles. The van der Waals surface area contributed by atoms with Crippen LogP contribution < -0.4 is 21.3 Å². The molecule has 1 amide bonds. The highest BCUT2D eigenvalue weighted by molar-refractivity contribution is 5.81. The molecule has 0 radical (unpaired) electrons. The third-order valence-corrected chi connectivity index (χ3v) is 2.73. The molecule has 0 saturated carbocycles. The summed E-state index contributed by atoms with van der Waals surface area (Å²) in [5.41, 5.74) is 0. The number of nitrogens with zero attached hydrogens (tertiary/aromatic N) is 1. The lowest BCUT2D eigenvalue weighted by atomic mass is 10.1. The fraction of sp³-hybridized carbons (Fsp3) is 0.846. The van der Waals surface area contributed by atoms with Gasteiger partial charge in [0.25, 0.3) is 0 Å². The van der Waals surface area contributed by atoms with E-state index in [0.717, 1.165) is 38.3 Å². The van der Waals surface area contributed by atoms with Crippen molar-refractivity contribution in [3.63, 3.8) is 0 Å². The van der Waals surface area contributed by atoms with E-state index < -0.39 is 0 Å². The van der Waals surface area contributed by atoms with Crippen molar-refractivity contribution in [2.24, 2.45) is 4.99 Å². The van der Waals surface area contributed by atoms with Crippen LogP contribution in [0.5, 0.6) is 0 Å². The molecular weight excluding hydrogens is 242 g/mol. The molecule has 4 N–H and O–H groups in total. The maximum absolute atomic E-state index is 11.9. The molecule has 0 aromatic heterocycles.